The van der Waals surface area contributed by atoms with Crippen molar-refractivity contribution < 1.29 is 9.53 Å². The second kappa shape index (κ2) is 9.92. The first-order chi connectivity index (χ1) is 14.2. The van der Waals surface area contributed by atoms with Gasteiger partial charge in [0.15, 0.2) is 0 Å². The number of thiophene rings is 1. The summed E-state index contributed by atoms with van der Waals surface area (Å²) in [6.45, 7) is 7.06. The molecule has 1 N–H and O–H groups in total. The fraction of sp³-hybridized carbons (Fsp3) is 0.609. The molecule has 29 heavy (non-hydrogen) atoms. The van der Waals surface area contributed by atoms with Crippen LogP contribution in [0.1, 0.15) is 48.2 Å². The van der Waals surface area contributed by atoms with Gasteiger partial charge in [-0.1, -0.05) is 25.0 Å². The minimum Gasteiger partial charge on any atom is -0.495 e. The molecule has 2 fully saturated rings. The third kappa shape index (κ3) is 5.30. The van der Waals surface area contributed by atoms with Gasteiger partial charge in [0.2, 0.25) is 0 Å². The summed E-state index contributed by atoms with van der Waals surface area (Å²) in [7, 11) is 1.68. The van der Waals surface area contributed by atoms with Crippen LogP contribution in [0.4, 0.5) is 0 Å². The lowest BCUT2D eigenvalue weighted by Gasteiger charge is -2.33. The van der Waals surface area contributed by atoms with E-state index >= 15 is 0 Å². The molecule has 2 aromatic rings. The van der Waals surface area contributed by atoms with E-state index in [1.165, 1.54) is 56.7 Å². The normalized spacial score (nSPS) is 19.9. The van der Waals surface area contributed by atoms with E-state index < -0.39 is 0 Å². The van der Waals surface area contributed by atoms with E-state index in [2.05, 4.69) is 15.1 Å². The van der Waals surface area contributed by atoms with Gasteiger partial charge < -0.3 is 19.9 Å². The molecule has 4 rings (SSSR count). The van der Waals surface area contributed by atoms with Gasteiger partial charge in [-0.05, 0) is 56.3 Å². The maximum Gasteiger partial charge on any atom is 0.261 e. The minimum absolute atomic E-state index is 0.0521. The Bertz CT molecular complexity index is 806. The Labute approximate surface area is 178 Å². The Morgan fingerprint density at radius 2 is 1.76 bits per heavy atom. The van der Waals surface area contributed by atoms with Gasteiger partial charge in [0.25, 0.3) is 5.91 Å². The van der Waals surface area contributed by atoms with Gasteiger partial charge in [-0.2, -0.15) is 0 Å². The molecular formula is C23H33N3O2S. The highest BCUT2D eigenvalue weighted by molar-refractivity contribution is 7.21. The molecule has 6 heteroatoms. The number of methoxy groups -OCH3 is 1. The van der Waals surface area contributed by atoms with Gasteiger partial charge >= 0.3 is 0 Å². The summed E-state index contributed by atoms with van der Waals surface area (Å²) in [6.07, 6.45) is 7.59. The lowest BCUT2D eigenvalue weighted by Crippen LogP contribution is -2.46. The maximum absolute atomic E-state index is 12.8. The van der Waals surface area contributed by atoms with Crippen LogP contribution >= 0.6 is 11.3 Å². The molecule has 2 aliphatic rings. The number of rotatable bonds is 6. The molecule has 0 spiro atoms. The van der Waals surface area contributed by atoms with Crippen molar-refractivity contribution in [1.82, 2.24) is 15.1 Å². The molecule has 0 aliphatic carbocycles. The van der Waals surface area contributed by atoms with E-state index in [0.29, 0.717) is 0 Å². The van der Waals surface area contributed by atoms with Gasteiger partial charge in [-0.25, -0.2) is 0 Å². The van der Waals surface area contributed by atoms with Gasteiger partial charge in [0.1, 0.15) is 5.75 Å². The van der Waals surface area contributed by atoms with Gasteiger partial charge in [0.05, 0.1) is 16.7 Å². The topological polar surface area (TPSA) is 44.8 Å². The SMILES string of the molecule is COc1cccc2cc(C(=O)NC3CCN(CCN4CCCCCC4)CC3)sc12. The van der Waals surface area contributed by atoms with Crippen molar-refractivity contribution in [3.8, 4) is 5.75 Å². The number of piperidine rings is 1. The Balaban J connectivity index is 1.24. The number of fused-ring (bicyclic) bond motifs is 1. The molecule has 1 aromatic carbocycles. The number of carbonyl (C=O) groups is 1. The number of benzene rings is 1. The highest BCUT2D eigenvalue weighted by atomic mass is 32.1. The van der Waals surface area contributed by atoms with E-state index in [0.717, 1.165) is 53.2 Å². The van der Waals surface area contributed by atoms with Gasteiger partial charge in [-0.15, -0.1) is 11.3 Å². The van der Waals surface area contributed by atoms with Crippen molar-refractivity contribution in [3.05, 3.63) is 29.1 Å². The average Bonchev–Trinajstić information content (AvgIpc) is 3.02. The summed E-state index contributed by atoms with van der Waals surface area (Å²) >= 11 is 1.52. The Hall–Kier alpha value is -1.63. The lowest BCUT2D eigenvalue weighted by molar-refractivity contribution is 0.0911. The molecule has 5 nitrogen and oxygen atoms in total. The standard InChI is InChI=1S/C23H33N3O2S/c1-28-20-8-6-7-18-17-21(29-22(18)20)23(27)24-19-9-13-26(14-10-19)16-15-25-11-4-2-3-5-12-25/h6-8,17,19H,2-5,9-16H2,1H3,(H,24,27). The second-order valence-corrected chi connectivity index (χ2v) is 9.39. The van der Waals surface area contributed by atoms with Crippen LogP contribution in [0, 0.1) is 0 Å². The molecule has 2 aliphatic heterocycles. The molecule has 0 saturated carbocycles. The van der Waals surface area contributed by atoms with E-state index in [-0.39, 0.29) is 11.9 Å². The van der Waals surface area contributed by atoms with Crippen molar-refractivity contribution in [2.75, 3.05) is 46.4 Å². The van der Waals surface area contributed by atoms with Gasteiger partial charge in [-0.3, -0.25) is 4.79 Å². The minimum atomic E-state index is 0.0521. The molecule has 0 unspecified atom stereocenters. The molecular weight excluding hydrogens is 382 g/mol. The fourth-order valence-corrected chi connectivity index (χ4v) is 5.56. The predicted molar refractivity (Wildman–Crippen MR) is 120 cm³/mol. The summed E-state index contributed by atoms with van der Waals surface area (Å²) in [6, 6.07) is 8.21. The number of hydrogen-bond donors (Lipinski definition) is 1. The first-order valence-electron chi connectivity index (χ1n) is 11.0. The van der Waals surface area contributed by atoms with Crippen molar-refractivity contribution in [2.45, 2.75) is 44.6 Å². The smallest absolute Gasteiger partial charge is 0.261 e. The first kappa shape index (κ1) is 20.6. The number of likely N-dealkylation sites (tertiary alicyclic amines) is 2. The molecule has 0 radical (unpaired) electrons. The van der Waals surface area contributed by atoms with Crippen LogP contribution in [0.15, 0.2) is 24.3 Å². The van der Waals surface area contributed by atoms with E-state index in [9.17, 15) is 4.79 Å². The molecule has 0 atom stereocenters. The van der Waals surface area contributed by atoms with Crippen molar-refractivity contribution >= 4 is 27.3 Å². The second-order valence-electron chi connectivity index (χ2n) is 8.33. The summed E-state index contributed by atoms with van der Waals surface area (Å²) in [5.41, 5.74) is 0. The zero-order chi connectivity index (χ0) is 20.1. The summed E-state index contributed by atoms with van der Waals surface area (Å²) in [4.78, 5) is 18.7. The molecule has 158 valence electrons. The zero-order valence-electron chi connectivity index (χ0n) is 17.5. The van der Waals surface area contributed by atoms with Crippen LogP contribution in [0.25, 0.3) is 10.1 Å². The molecule has 0 bridgehead atoms. The third-order valence-electron chi connectivity index (χ3n) is 6.31. The first-order valence-corrected chi connectivity index (χ1v) is 11.9. The number of amides is 1. The summed E-state index contributed by atoms with van der Waals surface area (Å²) in [5, 5.41) is 4.33. The van der Waals surface area contributed by atoms with Crippen LogP contribution in [-0.2, 0) is 0 Å². The highest BCUT2D eigenvalue weighted by Crippen LogP contribution is 2.33. The predicted octanol–water partition coefficient (Wildman–Crippen LogP) is 3.98. The van der Waals surface area contributed by atoms with E-state index in [1.54, 1.807) is 7.11 Å². The maximum atomic E-state index is 12.8. The number of carbonyl (C=O) groups excluding carboxylic acids is 1. The number of nitrogens with zero attached hydrogens (tertiary/aromatic N) is 2. The average molecular weight is 416 g/mol. The van der Waals surface area contributed by atoms with Crippen LogP contribution in [0.3, 0.4) is 0 Å². The number of hydrogen-bond acceptors (Lipinski definition) is 5. The van der Waals surface area contributed by atoms with Crippen molar-refractivity contribution in [3.63, 3.8) is 0 Å². The third-order valence-corrected chi connectivity index (χ3v) is 7.47. The largest absolute Gasteiger partial charge is 0.495 e. The van der Waals surface area contributed by atoms with Crippen LogP contribution in [0.2, 0.25) is 0 Å². The summed E-state index contributed by atoms with van der Waals surface area (Å²) < 4.78 is 6.47. The zero-order valence-corrected chi connectivity index (χ0v) is 18.3. The quantitative estimate of drug-likeness (QED) is 0.775. The molecule has 3 heterocycles. The van der Waals surface area contributed by atoms with E-state index in [1.807, 2.05) is 24.3 Å². The number of nitrogens with one attached hydrogen (secondary N) is 1. The van der Waals surface area contributed by atoms with Crippen LogP contribution in [-0.4, -0.2) is 68.1 Å². The molecule has 1 aromatic heterocycles. The van der Waals surface area contributed by atoms with Crippen LogP contribution < -0.4 is 10.1 Å². The number of ether oxygens (including phenoxy) is 1. The lowest BCUT2D eigenvalue weighted by atomic mass is 10.0. The van der Waals surface area contributed by atoms with E-state index in [4.69, 9.17) is 4.74 Å². The Kier molecular flexibility index (Phi) is 7.06. The highest BCUT2D eigenvalue weighted by Gasteiger charge is 2.22. The monoisotopic (exact) mass is 415 g/mol. The van der Waals surface area contributed by atoms with Gasteiger partial charge in [0, 0.05) is 32.2 Å². The Morgan fingerprint density at radius 3 is 2.45 bits per heavy atom. The molecule has 1 amide bonds. The van der Waals surface area contributed by atoms with Crippen molar-refractivity contribution in [1.29, 1.82) is 0 Å². The summed E-state index contributed by atoms with van der Waals surface area (Å²) in [5.74, 6) is 0.889. The van der Waals surface area contributed by atoms with Crippen molar-refractivity contribution in [2.24, 2.45) is 0 Å². The Morgan fingerprint density at radius 1 is 1.07 bits per heavy atom. The van der Waals surface area contributed by atoms with Crippen LogP contribution in [0.5, 0.6) is 5.75 Å². The molecule has 2 saturated heterocycles. The fourth-order valence-electron chi connectivity index (χ4n) is 4.51.